The highest BCUT2D eigenvalue weighted by Gasteiger charge is 2.25. The highest BCUT2D eigenvalue weighted by molar-refractivity contribution is 7.10. The molecule has 6 nitrogen and oxygen atoms in total. The molecule has 0 radical (unpaired) electrons. The number of aromatic nitrogens is 1. The number of nitrogens with zero attached hydrogens (tertiary/aromatic N) is 1. The van der Waals surface area contributed by atoms with Crippen molar-refractivity contribution in [3.05, 3.63) is 87.6 Å². The van der Waals surface area contributed by atoms with Crippen molar-refractivity contribution >= 4 is 45.7 Å². The average Bonchev–Trinajstić information content (AvgIpc) is 3.54. The predicted molar refractivity (Wildman–Crippen MR) is 130 cm³/mol. The first-order valence-corrected chi connectivity index (χ1v) is 11.8. The summed E-state index contributed by atoms with van der Waals surface area (Å²) in [5.41, 5.74) is 4.39. The molecule has 2 amide bonds. The molecule has 0 unspecified atom stereocenters. The Morgan fingerprint density at radius 2 is 1.97 bits per heavy atom. The number of allylic oxidation sites excluding steroid dienone is 1. The zero-order chi connectivity index (χ0) is 22.6. The van der Waals surface area contributed by atoms with E-state index in [2.05, 4.69) is 28.2 Å². The summed E-state index contributed by atoms with van der Waals surface area (Å²) in [6.07, 6.45) is 6.39. The lowest BCUT2D eigenvalue weighted by atomic mass is 9.86. The van der Waals surface area contributed by atoms with E-state index in [4.69, 9.17) is 9.40 Å². The maximum Gasteiger partial charge on any atom is 0.252 e. The third-order valence-corrected chi connectivity index (χ3v) is 6.53. The number of para-hydroxylation sites is 1. The van der Waals surface area contributed by atoms with Gasteiger partial charge in [-0.1, -0.05) is 24.3 Å². The van der Waals surface area contributed by atoms with E-state index in [1.807, 2.05) is 30.3 Å². The maximum atomic E-state index is 13.3. The van der Waals surface area contributed by atoms with Gasteiger partial charge in [-0.05, 0) is 66.1 Å². The van der Waals surface area contributed by atoms with E-state index >= 15 is 0 Å². The highest BCUT2D eigenvalue weighted by atomic mass is 32.1. The van der Waals surface area contributed by atoms with Crippen molar-refractivity contribution in [2.45, 2.75) is 25.8 Å². The van der Waals surface area contributed by atoms with Gasteiger partial charge >= 0.3 is 0 Å². The van der Waals surface area contributed by atoms with Crippen LogP contribution in [0.1, 0.15) is 45.1 Å². The molecule has 1 aliphatic carbocycles. The quantitative estimate of drug-likeness (QED) is 0.435. The number of benzene rings is 1. The van der Waals surface area contributed by atoms with E-state index in [1.165, 1.54) is 4.88 Å². The van der Waals surface area contributed by atoms with Gasteiger partial charge in [-0.3, -0.25) is 9.59 Å². The molecule has 0 aliphatic heterocycles. The number of hydrogen-bond acceptors (Lipinski definition) is 5. The van der Waals surface area contributed by atoms with Gasteiger partial charge in [0.15, 0.2) is 0 Å². The van der Waals surface area contributed by atoms with Crippen LogP contribution < -0.4 is 10.6 Å². The number of thiophene rings is 1. The number of carbonyl (C=O) groups is 2. The molecule has 7 heteroatoms. The Morgan fingerprint density at radius 1 is 1.06 bits per heavy atom. The van der Waals surface area contributed by atoms with Crippen molar-refractivity contribution in [2.24, 2.45) is 0 Å². The summed E-state index contributed by atoms with van der Waals surface area (Å²) in [4.78, 5) is 31.7. The van der Waals surface area contributed by atoms with E-state index in [0.29, 0.717) is 11.3 Å². The van der Waals surface area contributed by atoms with Crippen molar-refractivity contribution in [3.8, 4) is 0 Å². The van der Waals surface area contributed by atoms with E-state index in [0.717, 1.165) is 47.0 Å². The second-order valence-electron chi connectivity index (χ2n) is 7.91. The van der Waals surface area contributed by atoms with Gasteiger partial charge in [0.1, 0.15) is 5.76 Å². The van der Waals surface area contributed by atoms with Crippen LogP contribution in [0.15, 0.2) is 64.6 Å². The Labute approximate surface area is 195 Å². The SMILES string of the molecule is O=C(CNC(=O)c1c2c(nc3ccccc13)C(=Cc1cccs1)CCC2)NCc1ccco1. The molecule has 5 rings (SSSR count). The van der Waals surface area contributed by atoms with Crippen LogP contribution >= 0.6 is 11.3 Å². The van der Waals surface area contributed by atoms with Crippen LogP contribution in [0.3, 0.4) is 0 Å². The summed E-state index contributed by atoms with van der Waals surface area (Å²) in [6, 6.07) is 15.4. The van der Waals surface area contributed by atoms with Crippen LogP contribution in [-0.4, -0.2) is 23.3 Å². The molecule has 2 N–H and O–H groups in total. The summed E-state index contributed by atoms with van der Waals surface area (Å²) < 4.78 is 5.22. The largest absolute Gasteiger partial charge is 0.467 e. The first-order chi connectivity index (χ1) is 16.2. The minimum atomic E-state index is -0.273. The Hall–Kier alpha value is -3.71. The molecule has 0 saturated heterocycles. The number of nitrogens with one attached hydrogen (secondary N) is 2. The molecule has 3 heterocycles. The Bertz CT molecular complexity index is 1320. The molecule has 0 bridgehead atoms. The molecule has 4 aromatic rings. The zero-order valence-electron chi connectivity index (χ0n) is 18.0. The highest BCUT2D eigenvalue weighted by Crippen LogP contribution is 2.36. The van der Waals surface area contributed by atoms with Crippen molar-refractivity contribution < 1.29 is 14.0 Å². The van der Waals surface area contributed by atoms with Crippen LogP contribution in [0, 0.1) is 0 Å². The van der Waals surface area contributed by atoms with Crippen molar-refractivity contribution in [1.82, 2.24) is 15.6 Å². The minimum absolute atomic E-state index is 0.108. The zero-order valence-corrected chi connectivity index (χ0v) is 18.8. The fourth-order valence-corrected chi connectivity index (χ4v) is 4.87. The number of hydrogen-bond donors (Lipinski definition) is 2. The van der Waals surface area contributed by atoms with Gasteiger partial charge in [-0.15, -0.1) is 11.3 Å². The molecule has 0 saturated carbocycles. The Morgan fingerprint density at radius 3 is 2.79 bits per heavy atom. The van der Waals surface area contributed by atoms with Gasteiger partial charge < -0.3 is 15.1 Å². The molecule has 0 fully saturated rings. The number of rotatable bonds is 6. The van der Waals surface area contributed by atoms with Gasteiger partial charge in [0.25, 0.3) is 5.91 Å². The topological polar surface area (TPSA) is 84.2 Å². The van der Waals surface area contributed by atoms with E-state index < -0.39 is 0 Å². The summed E-state index contributed by atoms with van der Waals surface area (Å²) in [7, 11) is 0. The first kappa shape index (κ1) is 21.2. The maximum absolute atomic E-state index is 13.3. The smallest absolute Gasteiger partial charge is 0.252 e. The van der Waals surface area contributed by atoms with Gasteiger partial charge in [-0.2, -0.15) is 0 Å². The molecule has 1 aromatic carbocycles. The molecule has 33 heavy (non-hydrogen) atoms. The van der Waals surface area contributed by atoms with Crippen LogP contribution in [0.4, 0.5) is 0 Å². The van der Waals surface area contributed by atoms with Gasteiger partial charge in [0.05, 0.1) is 36.1 Å². The lowest BCUT2D eigenvalue weighted by Gasteiger charge is -2.22. The third kappa shape index (κ3) is 4.59. The number of carbonyl (C=O) groups excluding carboxylic acids is 2. The molecule has 0 atom stereocenters. The lowest BCUT2D eigenvalue weighted by Crippen LogP contribution is -2.37. The van der Waals surface area contributed by atoms with Crippen molar-refractivity contribution in [2.75, 3.05) is 6.54 Å². The number of pyridine rings is 1. The second-order valence-corrected chi connectivity index (χ2v) is 8.89. The van der Waals surface area contributed by atoms with Crippen LogP contribution in [-0.2, 0) is 17.8 Å². The third-order valence-electron chi connectivity index (χ3n) is 5.71. The van der Waals surface area contributed by atoms with E-state index in [-0.39, 0.29) is 24.9 Å². The molecule has 3 aromatic heterocycles. The second kappa shape index (κ2) is 9.42. The first-order valence-electron chi connectivity index (χ1n) is 10.9. The summed E-state index contributed by atoms with van der Waals surface area (Å²) in [5, 5.41) is 8.42. The summed E-state index contributed by atoms with van der Waals surface area (Å²) in [6.45, 7) is 0.176. The van der Waals surface area contributed by atoms with Gasteiger partial charge in [0.2, 0.25) is 5.91 Å². The van der Waals surface area contributed by atoms with Crippen molar-refractivity contribution in [1.29, 1.82) is 0 Å². The fourth-order valence-electron chi connectivity index (χ4n) is 4.19. The Kier molecular flexibility index (Phi) is 6.04. The number of furan rings is 1. The molecule has 1 aliphatic rings. The Balaban J connectivity index is 1.43. The fraction of sp³-hybridized carbons (Fsp3) is 0.192. The standard InChI is InChI=1S/C26H23N3O3S/c30-23(27-15-18-7-4-12-32-18)16-28-26(31)24-20-9-1-2-11-22(20)29-25-17(6-3-10-21(24)25)14-19-8-5-13-33-19/h1-2,4-5,7-9,11-14H,3,6,10,15-16H2,(H,27,30)(H,28,31). The van der Waals surface area contributed by atoms with Crippen LogP contribution in [0.25, 0.3) is 22.6 Å². The van der Waals surface area contributed by atoms with Gasteiger partial charge in [0, 0.05) is 10.3 Å². The molecule has 0 spiro atoms. The summed E-state index contributed by atoms with van der Waals surface area (Å²) in [5.74, 6) is 0.134. The lowest BCUT2D eigenvalue weighted by molar-refractivity contribution is -0.120. The monoisotopic (exact) mass is 457 g/mol. The minimum Gasteiger partial charge on any atom is -0.467 e. The molecule has 166 valence electrons. The van der Waals surface area contributed by atoms with E-state index in [9.17, 15) is 9.59 Å². The van der Waals surface area contributed by atoms with Gasteiger partial charge in [-0.25, -0.2) is 4.98 Å². The van der Waals surface area contributed by atoms with Crippen LogP contribution in [0.2, 0.25) is 0 Å². The molecular formula is C26H23N3O3S. The molecular weight excluding hydrogens is 434 g/mol. The van der Waals surface area contributed by atoms with Crippen molar-refractivity contribution in [3.63, 3.8) is 0 Å². The number of amides is 2. The number of fused-ring (bicyclic) bond motifs is 2. The average molecular weight is 458 g/mol. The normalized spacial score (nSPS) is 14.2. The van der Waals surface area contributed by atoms with E-state index in [1.54, 1.807) is 29.7 Å². The van der Waals surface area contributed by atoms with Crippen LogP contribution in [0.5, 0.6) is 0 Å². The summed E-state index contributed by atoms with van der Waals surface area (Å²) >= 11 is 1.69. The predicted octanol–water partition coefficient (Wildman–Crippen LogP) is 4.81.